The number of hydrogen-bond donors (Lipinski definition) is 0. The molecule has 122 valence electrons. The van der Waals surface area contributed by atoms with Gasteiger partial charge in [0, 0.05) is 19.1 Å². The number of rotatable bonds is 4. The normalized spacial score (nSPS) is 24.8. The summed E-state index contributed by atoms with van der Waals surface area (Å²) in [5, 5.41) is 0. The van der Waals surface area contributed by atoms with Gasteiger partial charge in [0.15, 0.2) is 6.04 Å². The first-order chi connectivity index (χ1) is 11.3. The molecule has 1 unspecified atom stereocenters. The molecule has 0 aromatic heterocycles. The van der Waals surface area contributed by atoms with Crippen molar-refractivity contribution in [3.63, 3.8) is 0 Å². The molecule has 1 saturated heterocycles. The van der Waals surface area contributed by atoms with E-state index in [0.29, 0.717) is 13.2 Å². The maximum absolute atomic E-state index is 12.3. The van der Waals surface area contributed by atoms with Crippen molar-refractivity contribution in [3.05, 3.63) is 35.9 Å². The number of piperazine rings is 1. The molecule has 4 rings (SSSR count). The molecule has 23 heavy (non-hydrogen) atoms. The first-order valence-electron chi connectivity index (χ1n) is 8.56. The van der Waals surface area contributed by atoms with Gasteiger partial charge in [-0.2, -0.15) is 0 Å². The fourth-order valence-corrected chi connectivity index (χ4v) is 3.50. The van der Waals surface area contributed by atoms with Crippen LogP contribution < -0.4 is 0 Å². The number of hydrogen-bond acceptors (Lipinski definition) is 5. The lowest BCUT2D eigenvalue weighted by Gasteiger charge is -2.42. The molecule has 0 spiro atoms. The molecule has 0 N–H and O–H groups in total. The molecule has 1 aromatic carbocycles. The average molecular weight is 313 g/mol. The fourth-order valence-electron chi connectivity index (χ4n) is 3.50. The van der Waals surface area contributed by atoms with Crippen molar-refractivity contribution in [2.24, 2.45) is 4.99 Å². The topological polar surface area (TPSA) is 45.1 Å². The Morgan fingerprint density at radius 3 is 2.78 bits per heavy atom. The Balaban J connectivity index is 1.33. The SMILES string of the molecule is O=C(OCc1ccccc1)C1CN2CCN(C3CCC3)CC2=N1. The van der Waals surface area contributed by atoms with Gasteiger partial charge in [-0.1, -0.05) is 36.8 Å². The second-order valence-electron chi connectivity index (χ2n) is 6.66. The lowest BCUT2D eigenvalue weighted by Crippen LogP contribution is -2.54. The Kier molecular flexibility index (Phi) is 4.04. The molecule has 0 bridgehead atoms. The van der Waals surface area contributed by atoms with Crippen LogP contribution in [0.1, 0.15) is 24.8 Å². The lowest BCUT2D eigenvalue weighted by atomic mass is 9.91. The van der Waals surface area contributed by atoms with Crippen molar-refractivity contribution in [2.75, 3.05) is 26.2 Å². The van der Waals surface area contributed by atoms with Crippen molar-refractivity contribution in [2.45, 2.75) is 38.0 Å². The van der Waals surface area contributed by atoms with Crippen LogP contribution >= 0.6 is 0 Å². The van der Waals surface area contributed by atoms with Gasteiger partial charge in [0.2, 0.25) is 0 Å². The molecular weight excluding hydrogens is 290 g/mol. The predicted octanol–water partition coefficient (Wildman–Crippen LogP) is 1.68. The van der Waals surface area contributed by atoms with Gasteiger partial charge in [-0.25, -0.2) is 4.79 Å². The molecule has 5 heteroatoms. The molecule has 0 amide bonds. The Bertz CT molecular complexity index is 598. The zero-order valence-corrected chi connectivity index (χ0v) is 13.4. The van der Waals surface area contributed by atoms with Crippen molar-refractivity contribution >= 4 is 11.8 Å². The predicted molar refractivity (Wildman–Crippen MR) is 88.2 cm³/mol. The molecule has 2 heterocycles. The zero-order valence-electron chi connectivity index (χ0n) is 13.4. The second-order valence-corrected chi connectivity index (χ2v) is 6.66. The number of nitrogens with zero attached hydrogens (tertiary/aromatic N) is 3. The minimum absolute atomic E-state index is 0.203. The van der Waals surface area contributed by atoms with E-state index in [4.69, 9.17) is 4.74 Å². The largest absolute Gasteiger partial charge is 0.459 e. The number of ether oxygens (including phenoxy) is 1. The van der Waals surface area contributed by atoms with E-state index >= 15 is 0 Å². The molecule has 1 saturated carbocycles. The third-order valence-corrected chi connectivity index (χ3v) is 5.15. The molecular formula is C18H23N3O2. The molecule has 2 aliphatic heterocycles. The van der Waals surface area contributed by atoms with Crippen LogP contribution in [0.4, 0.5) is 0 Å². The number of esters is 1. The van der Waals surface area contributed by atoms with Crippen molar-refractivity contribution < 1.29 is 9.53 Å². The smallest absolute Gasteiger partial charge is 0.333 e. The van der Waals surface area contributed by atoms with Crippen LogP contribution in [-0.4, -0.2) is 59.9 Å². The number of carbonyl (C=O) groups is 1. The van der Waals surface area contributed by atoms with E-state index in [1.165, 1.54) is 19.3 Å². The first kappa shape index (κ1) is 14.7. The van der Waals surface area contributed by atoms with E-state index in [1.54, 1.807) is 0 Å². The van der Waals surface area contributed by atoms with Gasteiger partial charge < -0.3 is 9.64 Å². The van der Waals surface area contributed by atoms with E-state index in [2.05, 4.69) is 14.8 Å². The van der Waals surface area contributed by atoms with E-state index in [9.17, 15) is 4.79 Å². The Morgan fingerprint density at radius 2 is 2.04 bits per heavy atom. The maximum Gasteiger partial charge on any atom is 0.333 e. The maximum atomic E-state index is 12.3. The third-order valence-electron chi connectivity index (χ3n) is 5.15. The number of benzene rings is 1. The lowest BCUT2D eigenvalue weighted by molar-refractivity contribution is -0.146. The quantitative estimate of drug-likeness (QED) is 0.794. The van der Waals surface area contributed by atoms with Gasteiger partial charge in [0.1, 0.15) is 12.4 Å². The highest BCUT2D eigenvalue weighted by molar-refractivity contribution is 5.91. The highest BCUT2D eigenvalue weighted by Crippen LogP contribution is 2.27. The number of aliphatic imine (C=N–C) groups is 1. The molecule has 0 radical (unpaired) electrons. The van der Waals surface area contributed by atoms with Crippen LogP contribution in [-0.2, 0) is 16.1 Å². The molecule has 3 aliphatic rings. The standard InChI is InChI=1S/C18H23N3O2/c22-18(23-13-14-5-2-1-3-6-14)16-11-21-10-9-20(12-17(21)19-16)15-7-4-8-15/h1-3,5-6,15-16H,4,7-13H2. The minimum Gasteiger partial charge on any atom is -0.459 e. The Morgan fingerprint density at radius 1 is 1.22 bits per heavy atom. The minimum atomic E-state index is -0.352. The molecule has 5 nitrogen and oxygen atoms in total. The summed E-state index contributed by atoms with van der Waals surface area (Å²) in [6, 6.07) is 10.2. The van der Waals surface area contributed by atoms with Crippen molar-refractivity contribution in [1.29, 1.82) is 0 Å². The molecule has 1 aromatic rings. The summed E-state index contributed by atoms with van der Waals surface area (Å²) < 4.78 is 5.44. The Hall–Kier alpha value is -1.88. The van der Waals surface area contributed by atoms with Gasteiger partial charge in [0.25, 0.3) is 0 Å². The van der Waals surface area contributed by atoms with Crippen LogP contribution in [0.5, 0.6) is 0 Å². The number of carbonyl (C=O) groups excluding carboxylic acids is 1. The highest BCUT2D eigenvalue weighted by atomic mass is 16.5. The van der Waals surface area contributed by atoms with Crippen molar-refractivity contribution in [3.8, 4) is 0 Å². The summed E-state index contributed by atoms with van der Waals surface area (Å²) in [7, 11) is 0. The fraction of sp³-hybridized carbons (Fsp3) is 0.556. The highest BCUT2D eigenvalue weighted by Gasteiger charge is 2.37. The summed E-state index contributed by atoms with van der Waals surface area (Å²) in [6.45, 7) is 3.98. The second kappa shape index (κ2) is 6.32. The average Bonchev–Trinajstić information content (AvgIpc) is 2.95. The molecule has 1 atom stereocenters. The van der Waals surface area contributed by atoms with Gasteiger partial charge in [0.05, 0.1) is 13.1 Å². The first-order valence-corrected chi connectivity index (χ1v) is 8.56. The van der Waals surface area contributed by atoms with Gasteiger partial charge >= 0.3 is 5.97 Å². The Labute approximate surface area is 136 Å². The van der Waals surface area contributed by atoms with Crippen LogP contribution in [0.15, 0.2) is 35.3 Å². The van der Waals surface area contributed by atoms with Gasteiger partial charge in [-0.05, 0) is 18.4 Å². The summed E-state index contributed by atoms with van der Waals surface area (Å²) >= 11 is 0. The zero-order chi connectivity index (χ0) is 15.6. The summed E-state index contributed by atoms with van der Waals surface area (Å²) in [4.78, 5) is 21.7. The summed E-state index contributed by atoms with van der Waals surface area (Å²) in [5.41, 5.74) is 1.01. The molecule has 1 aliphatic carbocycles. The van der Waals surface area contributed by atoms with Crippen molar-refractivity contribution in [1.82, 2.24) is 9.80 Å². The van der Waals surface area contributed by atoms with Crippen LogP contribution in [0, 0.1) is 0 Å². The van der Waals surface area contributed by atoms with Crippen LogP contribution in [0.25, 0.3) is 0 Å². The number of fused-ring (bicyclic) bond motifs is 1. The van der Waals surface area contributed by atoms with Gasteiger partial charge in [-0.3, -0.25) is 9.89 Å². The van der Waals surface area contributed by atoms with Crippen LogP contribution in [0.2, 0.25) is 0 Å². The summed E-state index contributed by atoms with van der Waals surface area (Å²) in [6.07, 6.45) is 3.98. The van der Waals surface area contributed by atoms with E-state index in [0.717, 1.165) is 37.1 Å². The monoisotopic (exact) mass is 313 g/mol. The van der Waals surface area contributed by atoms with E-state index in [-0.39, 0.29) is 12.0 Å². The van der Waals surface area contributed by atoms with Crippen LogP contribution in [0.3, 0.4) is 0 Å². The number of amidine groups is 1. The van der Waals surface area contributed by atoms with E-state index < -0.39 is 0 Å². The van der Waals surface area contributed by atoms with Gasteiger partial charge in [-0.15, -0.1) is 0 Å². The van der Waals surface area contributed by atoms with E-state index in [1.807, 2.05) is 30.3 Å². The summed E-state index contributed by atoms with van der Waals surface area (Å²) in [5.74, 6) is 0.871. The molecule has 2 fully saturated rings. The third kappa shape index (κ3) is 3.11.